The van der Waals surface area contributed by atoms with Gasteiger partial charge in [0.15, 0.2) is 0 Å². The minimum absolute atomic E-state index is 0.705. The van der Waals surface area contributed by atoms with Gasteiger partial charge in [-0.05, 0) is 68.0 Å². The molecule has 1 aromatic heterocycles. The van der Waals surface area contributed by atoms with E-state index in [4.69, 9.17) is 0 Å². The first kappa shape index (κ1) is 15.5. The molecule has 24 heavy (non-hydrogen) atoms. The number of likely N-dealkylation sites (tertiary alicyclic amines) is 1. The van der Waals surface area contributed by atoms with Crippen LogP contribution in [0.4, 0.5) is 0 Å². The maximum absolute atomic E-state index is 3.44. The highest BCUT2D eigenvalue weighted by molar-refractivity contribution is 5.83. The third kappa shape index (κ3) is 3.11. The Bertz CT molecular complexity index is 809. The molecular weight excluding hydrogens is 292 g/mol. The fourth-order valence-corrected chi connectivity index (χ4v) is 4.07. The number of benzene rings is 2. The second-order valence-corrected chi connectivity index (χ2v) is 7.08. The fraction of sp³-hybridized carbons (Fsp3) is 0.364. The van der Waals surface area contributed by atoms with Crippen molar-refractivity contribution >= 4 is 10.9 Å². The molecule has 1 N–H and O–H groups in total. The molecule has 2 heterocycles. The minimum atomic E-state index is 0.705. The Hall–Kier alpha value is -2.06. The van der Waals surface area contributed by atoms with Crippen LogP contribution in [0.5, 0.6) is 0 Å². The van der Waals surface area contributed by atoms with Crippen molar-refractivity contribution in [2.45, 2.75) is 32.1 Å². The molecule has 1 saturated heterocycles. The van der Waals surface area contributed by atoms with Crippen molar-refractivity contribution in [2.24, 2.45) is 0 Å². The van der Waals surface area contributed by atoms with Crippen LogP contribution in [0.2, 0.25) is 0 Å². The van der Waals surface area contributed by atoms with Gasteiger partial charge in [0, 0.05) is 23.6 Å². The lowest BCUT2D eigenvalue weighted by molar-refractivity contribution is 0.215. The van der Waals surface area contributed by atoms with E-state index in [9.17, 15) is 0 Å². The Morgan fingerprint density at radius 3 is 2.58 bits per heavy atom. The molecule has 3 aromatic rings. The summed E-state index contributed by atoms with van der Waals surface area (Å²) in [5.41, 5.74) is 5.71. The SMILES string of the molecule is Cc1ccccc1CCN1CCC(c2c[nH]c3ccccc23)CC1. The standard InChI is InChI=1S/C22H26N2/c1-17-6-2-3-7-18(17)10-13-24-14-11-19(12-15-24)21-16-23-22-9-5-4-8-20(21)22/h2-9,16,19,23H,10-15H2,1H3. The minimum Gasteiger partial charge on any atom is -0.361 e. The second-order valence-electron chi connectivity index (χ2n) is 7.08. The summed E-state index contributed by atoms with van der Waals surface area (Å²) >= 11 is 0. The zero-order chi connectivity index (χ0) is 16.4. The lowest BCUT2D eigenvalue weighted by Gasteiger charge is -2.32. The first-order valence-corrected chi connectivity index (χ1v) is 9.14. The van der Waals surface area contributed by atoms with Gasteiger partial charge in [-0.2, -0.15) is 0 Å². The molecule has 1 aliphatic heterocycles. The summed E-state index contributed by atoms with van der Waals surface area (Å²) in [4.78, 5) is 6.07. The van der Waals surface area contributed by atoms with Gasteiger partial charge in [-0.3, -0.25) is 0 Å². The van der Waals surface area contributed by atoms with Gasteiger partial charge in [-0.15, -0.1) is 0 Å². The topological polar surface area (TPSA) is 19.0 Å². The van der Waals surface area contributed by atoms with Gasteiger partial charge in [0.2, 0.25) is 0 Å². The lowest BCUT2D eigenvalue weighted by Crippen LogP contribution is -2.34. The molecule has 0 spiro atoms. The number of hydrogen-bond donors (Lipinski definition) is 1. The highest BCUT2D eigenvalue weighted by Gasteiger charge is 2.22. The number of aromatic nitrogens is 1. The van der Waals surface area contributed by atoms with Crippen LogP contribution in [-0.2, 0) is 6.42 Å². The molecule has 124 valence electrons. The van der Waals surface area contributed by atoms with E-state index in [0.717, 1.165) is 0 Å². The highest BCUT2D eigenvalue weighted by Crippen LogP contribution is 2.33. The molecule has 2 aromatic carbocycles. The molecular formula is C22H26N2. The van der Waals surface area contributed by atoms with Gasteiger partial charge in [-0.1, -0.05) is 42.5 Å². The van der Waals surface area contributed by atoms with Crippen molar-refractivity contribution in [2.75, 3.05) is 19.6 Å². The molecule has 0 saturated carbocycles. The Kier molecular flexibility index (Phi) is 4.40. The Morgan fingerprint density at radius 2 is 1.75 bits per heavy atom. The number of piperidine rings is 1. The van der Waals surface area contributed by atoms with Crippen LogP contribution in [0, 0.1) is 6.92 Å². The van der Waals surface area contributed by atoms with Crippen LogP contribution in [0.15, 0.2) is 54.7 Å². The van der Waals surface area contributed by atoms with Crippen molar-refractivity contribution < 1.29 is 0 Å². The summed E-state index contributed by atoms with van der Waals surface area (Å²) in [7, 11) is 0. The third-order valence-electron chi connectivity index (χ3n) is 5.61. The van der Waals surface area contributed by atoms with Crippen LogP contribution in [-0.4, -0.2) is 29.5 Å². The quantitative estimate of drug-likeness (QED) is 0.725. The molecule has 0 atom stereocenters. The van der Waals surface area contributed by atoms with Gasteiger partial charge in [-0.25, -0.2) is 0 Å². The van der Waals surface area contributed by atoms with Crippen molar-refractivity contribution in [3.63, 3.8) is 0 Å². The Morgan fingerprint density at radius 1 is 1.00 bits per heavy atom. The molecule has 1 aliphatic rings. The number of hydrogen-bond acceptors (Lipinski definition) is 1. The number of nitrogens with one attached hydrogen (secondary N) is 1. The van der Waals surface area contributed by atoms with Crippen molar-refractivity contribution in [3.8, 4) is 0 Å². The van der Waals surface area contributed by atoms with Gasteiger partial charge in [0.25, 0.3) is 0 Å². The van der Waals surface area contributed by atoms with E-state index in [0.29, 0.717) is 5.92 Å². The van der Waals surface area contributed by atoms with Crippen LogP contribution < -0.4 is 0 Å². The monoisotopic (exact) mass is 318 g/mol. The molecule has 0 amide bonds. The number of fused-ring (bicyclic) bond motifs is 1. The third-order valence-corrected chi connectivity index (χ3v) is 5.61. The molecule has 2 nitrogen and oxygen atoms in total. The van der Waals surface area contributed by atoms with E-state index < -0.39 is 0 Å². The van der Waals surface area contributed by atoms with Gasteiger partial charge >= 0.3 is 0 Å². The largest absolute Gasteiger partial charge is 0.361 e. The molecule has 0 radical (unpaired) electrons. The summed E-state index contributed by atoms with van der Waals surface area (Å²) in [5, 5.41) is 1.41. The zero-order valence-corrected chi connectivity index (χ0v) is 14.5. The number of rotatable bonds is 4. The highest BCUT2D eigenvalue weighted by atomic mass is 15.1. The normalized spacial score (nSPS) is 16.7. The summed E-state index contributed by atoms with van der Waals surface area (Å²) in [6, 6.07) is 17.5. The zero-order valence-electron chi connectivity index (χ0n) is 14.5. The number of para-hydroxylation sites is 1. The smallest absolute Gasteiger partial charge is 0.0456 e. The average molecular weight is 318 g/mol. The molecule has 4 rings (SSSR count). The first-order valence-electron chi connectivity index (χ1n) is 9.14. The van der Waals surface area contributed by atoms with Gasteiger partial charge < -0.3 is 9.88 Å². The first-order chi connectivity index (χ1) is 11.8. The second kappa shape index (κ2) is 6.82. The van der Waals surface area contributed by atoms with E-state index in [1.807, 2.05) is 0 Å². The number of aryl methyl sites for hydroxylation is 1. The molecule has 1 fully saturated rings. The van der Waals surface area contributed by atoms with Crippen LogP contribution >= 0.6 is 0 Å². The number of aromatic amines is 1. The maximum Gasteiger partial charge on any atom is 0.0456 e. The van der Waals surface area contributed by atoms with E-state index >= 15 is 0 Å². The van der Waals surface area contributed by atoms with E-state index in [1.54, 1.807) is 0 Å². The average Bonchev–Trinajstić information content (AvgIpc) is 3.06. The van der Waals surface area contributed by atoms with Crippen molar-refractivity contribution in [1.29, 1.82) is 0 Å². The lowest BCUT2D eigenvalue weighted by atomic mass is 9.89. The summed E-state index contributed by atoms with van der Waals surface area (Å²) in [5.74, 6) is 0.705. The van der Waals surface area contributed by atoms with E-state index in [-0.39, 0.29) is 0 Å². The summed E-state index contributed by atoms with van der Waals surface area (Å²) in [6.45, 7) is 5.84. The van der Waals surface area contributed by atoms with Crippen molar-refractivity contribution in [3.05, 3.63) is 71.4 Å². The van der Waals surface area contributed by atoms with Crippen molar-refractivity contribution in [1.82, 2.24) is 9.88 Å². The van der Waals surface area contributed by atoms with Crippen LogP contribution in [0.1, 0.15) is 35.4 Å². The van der Waals surface area contributed by atoms with E-state index in [1.165, 1.54) is 66.5 Å². The summed E-state index contributed by atoms with van der Waals surface area (Å²) in [6.07, 6.45) is 5.95. The van der Waals surface area contributed by atoms with E-state index in [2.05, 4.69) is 71.5 Å². The van der Waals surface area contributed by atoms with Crippen LogP contribution in [0.3, 0.4) is 0 Å². The van der Waals surface area contributed by atoms with Crippen LogP contribution in [0.25, 0.3) is 10.9 Å². The van der Waals surface area contributed by atoms with Gasteiger partial charge in [0.1, 0.15) is 0 Å². The molecule has 0 aliphatic carbocycles. The Balaban J connectivity index is 1.36. The fourth-order valence-electron chi connectivity index (χ4n) is 4.07. The maximum atomic E-state index is 3.44. The summed E-state index contributed by atoms with van der Waals surface area (Å²) < 4.78 is 0. The predicted octanol–water partition coefficient (Wildman–Crippen LogP) is 4.90. The molecule has 2 heteroatoms. The Labute approximate surface area is 144 Å². The number of H-pyrrole nitrogens is 1. The predicted molar refractivity (Wildman–Crippen MR) is 102 cm³/mol. The molecule has 0 bridgehead atoms. The number of nitrogens with zero attached hydrogens (tertiary/aromatic N) is 1. The molecule has 0 unspecified atom stereocenters. The van der Waals surface area contributed by atoms with Gasteiger partial charge in [0.05, 0.1) is 0 Å².